The second kappa shape index (κ2) is 10.6. The van der Waals surface area contributed by atoms with Crippen LogP contribution in [0.25, 0.3) is 11.3 Å². The molecular weight excluding hydrogens is 450 g/mol. The molecular formula is C25H29N5O3S. The summed E-state index contributed by atoms with van der Waals surface area (Å²) in [6.07, 6.45) is 1.35. The van der Waals surface area contributed by atoms with Gasteiger partial charge < -0.3 is 19.4 Å². The van der Waals surface area contributed by atoms with Crippen LogP contribution >= 0.6 is 11.3 Å². The van der Waals surface area contributed by atoms with Crippen LogP contribution in [-0.4, -0.2) is 72.0 Å². The van der Waals surface area contributed by atoms with Gasteiger partial charge in [0.05, 0.1) is 16.9 Å². The van der Waals surface area contributed by atoms with Crippen LogP contribution in [0, 0.1) is 0 Å². The van der Waals surface area contributed by atoms with Gasteiger partial charge in [-0.25, -0.2) is 14.8 Å². The fourth-order valence-corrected chi connectivity index (χ4v) is 4.55. The minimum Gasteiger partial charge on any atom is -0.443 e. The summed E-state index contributed by atoms with van der Waals surface area (Å²) < 4.78 is 5.40. The number of rotatable bonds is 6. The van der Waals surface area contributed by atoms with Crippen molar-refractivity contribution in [3.63, 3.8) is 0 Å². The van der Waals surface area contributed by atoms with E-state index in [0.717, 1.165) is 48.7 Å². The Balaban J connectivity index is 1.37. The minimum absolute atomic E-state index is 0.0330. The Morgan fingerprint density at radius 3 is 2.59 bits per heavy atom. The molecule has 0 aliphatic carbocycles. The Kier molecular flexibility index (Phi) is 7.42. The molecule has 0 spiro atoms. The van der Waals surface area contributed by atoms with Crippen LogP contribution in [0.2, 0.25) is 0 Å². The van der Waals surface area contributed by atoms with E-state index in [4.69, 9.17) is 9.72 Å². The van der Waals surface area contributed by atoms with Gasteiger partial charge in [0.25, 0.3) is 5.91 Å². The summed E-state index contributed by atoms with van der Waals surface area (Å²) in [6, 6.07) is 13.6. The summed E-state index contributed by atoms with van der Waals surface area (Å²) >= 11 is 1.48. The van der Waals surface area contributed by atoms with E-state index in [1.54, 1.807) is 36.5 Å². The summed E-state index contributed by atoms with van der Waals surface area (Å²) in [6.45, 7) is 1.79. The van der Waals surface area contributed by atoms with E-state index in [-0.39, 0.29) is 24.6 Å². The highest BCUT2D eigenvalue weighted by atomic mass is 32.1. The van der Waals surface area contributed by atoms with Crippen LogP contribution in [0.5, 0.6) is 0 Å². The maximum Gasteiger partial charge on any atom is 0.410 e. The third-order valence-corrected chi connectivity index (χ3v) is 6.63. The summed E-state index contributed by atoms with van der Waals surface area (Å²) in [5.41, 5.74) is 4.87. The van der Waals surface area contributed by atoms with Crippen LogP contribution in [0.4, 0.5) is 10.6 Å². The molecule has 1 aliphatic heterocycles. The Labute approximate surface area is 203 Å². The number of carbonyl (C=O) groups is 2. The zero-order valence-corrected chi connectivity index (χ0v) is 20.5. The molecule has 34 heavy (non-hydrogen) atoms. The zero-order valence-electron chi connectivity index (χ0n) is 19.7. The largest absolute Gasteiger partial charge is 0.443 e. The van der Waals surface area contributed by atoms with E-state index in [0.29, 0.717) is 5.56 Å². The second-order valence-corrected chi connectivity index (χ2v) is 9.24. The molecule has 1 aromatic carbocycles. The SMILES string of the molecule is CN(C)C(=O)c1cccc(-c2cccc(N3CCC(N(C)C(=O)OCc4cscn4)CC3)n2)c1. The van der Waals surface area contributed by atoms with Crippen molar-refractivity contribution in [1.82, 2.24) is 19.8 Å². The third kappa shape index (κ3) is 5.53. The van der Waals surface area contributed by atoms with Crippen molar-refractivity contribution in [2.24, 2.45) is 0 Å². The molecule has 2 amide bonds. The van der Waals surface area contributed by atoms with Crippen molar-refractivity contribution in [2.75, 3.05) is 39.1 Å². The standard InChI is InChI=1S/C25H29N5O3S/c1-28(2)24(31)19-7-4-6-18(14-19)22-8-5-9-23(27-22)30-12-10-21(11-13-30)29(3)25(32)33-15-20-16-34-17-26-20/h4-9,14,16-17,21H,10-13,15H2,1-3H3. The van der Waals surface area contributed by atoms with Gasteiger partial charge in [0, 0.05) is 56.8 Å². The quantitative estimate of drug-likeness (QED) is 0.529. The van der Waals surface area contributed by atoms with E-state index < -0.39 is 0 Å². The lowest BCUT2D eigenvalue weighted by molar-refractivity contribution is 0.0826. The molecule has 4 rings (SSSR count). The van der Waals surface area contributed by atoms with Gasteiger partial charge in [-0.15, -0.1) is 11.3 Å². The van der Waals surface area contributed by atoms with Gasteiger partial charge in [0.1, 0.15) is 12.4 Å². The van der Waals surface area contributed by atoms with E-state index >= 15 is 0 Å². The molecule has 0 unspecified atom stereocenters. The first-order valence-corrected chi connectivity index (χ1v) is 12.2. The molecule has 2 aromatic heterocycles. The molecule has 9 heteroatoms. The fourth-order valence-electron chi connectivity index (χ4n) is 4.01. The lowest BCUT2D eigenvalue weighted by Gasteiger charge is -2.36. The summed E-state index contributed by atoms with van der Waals surface area (Å²) in [5, 5.41) is 1.88. The first kappa shape index (κ1) is 23.7. The highest BCUT2D eigenvalue weighted by Crippen LogP contribution is 2.25. The first-order valence-electron chi connectivity index (χ1n) is 11.2. The summed E-state index contributed by atoms with van der Waals surface area (Å²) in [4.78, 5) is 39.3. The topological polar surface area (TPSA) is 78.9 Å². The monoisotopic (exact) mass is 479 g/mol. The first-order chi connectivity index (χ1) is 16.4. The van der Waals surface area contributed by atoms with Gasteiger partial charge in [0.2, 0.25) is 0 Å². The van der Waals surface area contributed by atoms with Crippen molar-refractivity contribution in [3.8, 4) is 11.3 Å². The summed E-state index contributed by atoms with van der Waals surface area (Å²) in [7, 11) is 5.29. The molecule has 3 aromatic rings. The minimum atomic E-state index is -0.321. The Hall–Kier alpha value is -3.46. The van der Waals surface area contributed by atoms with Crippen molar-refractivity contribution in [2.45, 2.75) is 25.5 Å². The van der Waals surface area contributed by atoms with Gasteiger partial charge >= 0.3 is 6.09 Å². The molecule has 1 aliphatic rings. The fraction of sp³-hybridized carbons (Fsp3) is 0.360. The van der Waals surface area contributed by atoms with E-state index in [1.165, 1.54) is 11.3 Å². The molecule has 178 valence electrons. The highest BCUT2D eigenvalue weighted by molar-refractivity contribution is 7.07. The molecule has 0 radical (unpaired) electrons. The maximum atomic E-state index is 12.4. The number of ether oxygens (including phenoxy) is 1. The highest BCUT2D eigenvalue weighted by Gasteiger charge is 2.27. The average molecular weight is 480 g/mol. The van der Waals surface area contributed by atoms with Crippen LogP contribution in [0.15, 0.2) is 53.4 Å². The van der Waals surface area contributed by atoms with E-state index in [9.17, 15) is 9.59 Å². The third-order valence-electron chi connectivity index (χ3n) is 6.00. The molecule has 3 heterocycles. The Morgan fingerprint density at radius 2 is 1.88 bits per heavy atom. The van der Waals surface area contributed by atoms with Crippen molar-refractivity contribution in [3.05, 3.63) is 64.6 Å². The normalized spacial score (nSPS) is 14.0. The molecule has 0 saturated carbocycles. The van der Waals surface area contributed by atoms with Crippen molar-refractivity contribution in [1.29, 1.82) is 0 Å². The molecule has 0 bridgehead atoms. The number of aromatic nitrogens is 2. The molecule has 0 N–H and O–H groups in total. The number of thiazole rings is 1. The van der Waals surface area contributed by atoms with Gasteiger partial charge in [-0.1, -0.05) is 18.2 Å². The summed E-state index contributed by atoms with van der Waals surface area (Å²) in [5.74, 6) is 0.864. The van der Waals surface area contributed by atoms with Crippen molar-refractivity contribution >= 4 is 29.2 Å². The van der Waals surface area contributed by atoms with Crippen LogP contribution in [0.3, 0.4) is 0 Å². The second-order valence-electron chi connectivity index (χ2n) is 8.52. The number of pyridine rings is 1. The van der Waals surface area contributed by atoms with E-state index in [2.05, 4.69) is 9.88 Å². The Bertz CT molecular complexity index is 1130. The van der Waals surface area contributed by atoms with Gasteiger partial charge in [-0.2, -0.15) is 0 Å². The van der Waals surface area contributed by atoms with Gasteiger partial charge in [0.15, 0.2) is 0 Å². The number of carbonyl (C=O) groups excluding carboxylic acids is 2. The number of amides is 2. The zero-order chi connectivity index (χ0) is 24.1. The number of anilines is 1. The number of hydrogen-bond acceptors (Lipinski definition) is 7. The van der Waals surface area contributed by atoms with Gasteiger partial charge in [-0.3, -0.25) is 4.79 Å². The number of piperidine rings is 1. The average Bonchev–Trinajstić information content (AvgIpc) is 3.40. The van der Waals surface area contributed by atoms with Crippen LogP contribution in [0.1, 0.15) is 28.9 Å². The number of nitrogens with zero attached hydrogens (tertiary/aromatic N) is 5. The number of benzene rings is 1. The number of hydrogen-bond donors (Lipinski definition) is 0. The van der Waals surface area contributed by atoms with E-state index in [1.807, 2.05) is 47.8 Å². The predicted molar refractivity (Wildman–Crippen MR) is 133 cm³/mol. The van der Waals surface area contributed by atoms with Crippen LogP contribution in [-0.2, 0) is 11.3 Å². The van der Waals surface area contributed by atoms with Crippen LogP contribution < -0.4 is 4.90 Å². The van der Waals surface area contributed by atoms with Crippen molar-refractivity contribution < 1.29 is 14.3 Å². The van der Waals surface area contributed by atoms with Gasteiger partial charge in [-0.05, 0) is 37.1 Å². The molecule has 8 nitrogen and oxygen atoms in total. The lowest BCUT2D eigenvalue weighted by Crippen LogP contribution is -2.46. The smallest absolute Gasteiger partial charge is 0.410 e. The lowest BCUT2D eigenvalue weighted by atomic mass is 10.0. The molecule has 1 saturated heterocycles. The molecule has 1 fully saturated rings. The predicted octanol–water partition coefficient (Wildman–Crippen LogP) is 4.14. The molecule has 0 atom stereocenters. The maximum absolute atomic E-state index is 12.4. The Morgan fingerprint density at radius 1 is 1.12 bits per heavy atom.